The number of aromatic nitrogens is 2. The Morgan fingerprint density at radius 1 is 1.35 bits per heavy atom. The van der Waals surface area contributed by atoms with Crippen LogP contribution in [0, 0.1) is 5.92 Å². The van der Waals surface area contributed by atoms with Crippen LogP contribution in [0.2, 0.25) is 0 Å². The van der Waals surface area contributed by atoms with Crippen molar-refractivity contribution in [3.8, 4) is 0 Å². The number of ether oxygens (including phenoxy) is 1. The Hall–Kier alpha value is -1.74. The molecule has 0 bridgehead atoms. The first-order chi connectivity index (χ1) is 11.0. The van der Waals surface area contributed by atoms with Crippen molar-refractivity contribution in [3.63, 3.8) is 0 Å². The zero-order valence-electron chi connectivity index (χ0n) is 13.7. The average molecular weight is 341 g/mol. The van der Waals surface area contributed by atoms with Crippen molar-refractivity contribution in [2.75, 3.05) is 39.1 Å². The van der Waals surface area contributed by atoms with Crippen LogP contribution in [0.25, 0.3) is 0 Å². The van der Waals surface area contributed by atoms with Crippen molar-refractivity contribution < 1.29 is 14.3 Å². The highest BCUT2D eigenvalue weighted by atomic mass is 32.1. The lowest BCUT2D eigenvalue weighted by atomic mass is 9.96. The quantitative estimate of drug-likeness (QED) is 0.875. The summed E-state index contributed by atoms with van der Waals surface area (Å²) in [6.45, 7) is 4.14. The van der Waals surface area contributed by atoms with Gasteiger partial charge in [-0.3, -0.25) is 4.79 Å². The third-order valence-corrected chi connectivity index (χ3v) is 4.46. The van der Waals surface area contributed by atoms with Crippen molar-refractivity contribution in [2.24, 2.45) is 5.92 Å². The average Bonchev–Trinajstić information content (AvgIpc) is 2.99. The number of amides is 3. The number of nitrogens with one attached hydrogen (secondary N) is 1. The second-order valence-corrected chi connectivity index (χ2v) is 6.63. The molecule has 0 spiro atoms. The van der Waals surface area contributed by atoms with Gasteiger partial charge in [0.05, 0.1) is 0 Å². The van der Waals surface area contributed by atoms with Crippen molar-refractivity contribution in [2.45, 2.75) is 26.4 Å². The van der Waals surface area contributed by atoms with Gasteiger partial charge in [-0.1, -0.05) is 11.3 Å². The van der Waals surface area contributed by atoms with E-state index in [-0.39, 0.29) is 17.9 Å². The van der Waals surface area contributed by atoms with Crippen LogP contribution in [0.3, 0.4) is 0 Å². The molecule has 1 saturated heterocycles. The summed E-state index contributed by atoms with van der Waals surface area (Å²) in [5.74, 6) is -0.151. The molecule has 1 aromatic heterocycles. The van der Waals surface area contributed by atoms with Gasteiger partial charge in [0.15, 0.2) is 0 Å². The Kier molecular flexibility index (Phi) is 6.28. The van der Waals surface area contributed by atoms with Gasteiger partial charge in [-0.15, -0.1) is 10.2 Å². The van der Waals surface area contributed by atoms with Crippen molar-refractivity contribution in [1.29, 1.82) is 0 Å². The first-order valence-electron chi connectivity index (χ1n) is 7.68. The molecule has 2 rings (SSSR count). The maximum Gasteiger partial charge on any atom is 0.319 e. The van der Waals surface area contributed by atoms with Gasteiger partial charge >= 0.3 is 6.03 Å². The van der Waals surface area contributed by atoms with E-state index >= 15 is 0 Å². The van der Waals surface area contributed by atoms with Crippen LogP contribution < -0.4 is 5.32 Å². The normalized spacial score (nSPS) is 15.5. The molecular weight excluding hydrogens is 318 g/mol. The predicted octanol–water partition coefficient (Wildman–Crippen LogP) is 1.41. The summed E-state index contributed by atoms with van der Waals surface area (Å²) in [6, 6.07) is -0.00597. The van der Waals surface area contributed by atoms with Crippen molar-refractivity contribution >= 4 is 28.4 Å². The largest absolute Gasteiger partial charge is 0.374 e. The lowest BCUT2D eigenvalue weighted by Gasteiger charge is -2.32. The van der Waals surface area contributed by atoms with Crippen LogP contribution in [-0.2, 0) is 16.1 Å². The Bertz CT molecular complexity index is 540. The highest BCUT2D eigenvalue weighted by Gasteiger charge is 2.28. The minimum absolute atomic E-state index is 0.00597. The highest BCUT2D eigenvalue weighted by Crippen LogP contribution is 2.22. The van der Waals surface area contributed by atoms with E-state index in [1.54, 1.807) is 23.9 Å². The predicted molar refractivity (Wildman–Crippen MR) is 87.2 cm³/mol. The number of carbonyl (C=O) groups is 2. The summed E-state index contributed by atoms with van der Waals surface area (Å²) in [6.07, 6.45) is 1.33. The lowest BCUT2D eigenvalue weighted by Crippen LogP contribution is -2.45. The van der Waals surface area contributed by atoms with E-state index in [0.717, 1.165) is 5.01 Å². The molecule has 9 heteroatoms. The van der Waals surface area contributed by atoms with Gasteiger partial charge in [0.2, 0.25) is 11.0 Å². The van der Waals surface area contributed by atoms with Crippen LogP contribution in [0.5, 0.6) is 0 Å². The van der Waals surface area contributed by atoms with Gasteiger partial charge < -0.3 is 19.9 Å². The maximum absolute atomic E-state index is 12.3. The molecule has 1 fully saturated rings. The number of likely N-dealkylation sites (tertiary alicyclic amines) is 1. The Morgan fingerprint density at radius 3 is 2.65 bits per heavy atom. The monoisotopic (exact) mass is 341 g/mol. The number of urea groups is 1. The van der Waals surface area contributed by atoms with Gasteiger partial charge in [0.1, 0.15) is 11.6 Å². The summed E-state index contributed by atoms with van der Waals surface area (Å²) >= 11 is 1.32. The second kappa shape index (κ2) is 8.21. The van der Waals surface area contributed by atoms with Crippen LogP contribution >= 0.6 is 11.3 Å². The van der Waals surface area contributed by atoms with Gasteiger partial charge in [0.25, 0.3) is 0 Å². The molecule has 1 aromatic rings. The molecule has 0 unspecified atom stereocenters. The van der Waals surface area contributed by atoms with Gasteiger partial charge in [0, 0.05) is 39.7 Å². The zero-order chi connectivity index (χ0) is 16.8. The molecule has 1 N–H and O–H groups in total. The van der Waals surface area contributed by atoms with E-state index in [0.29, 0.717) is 44.3 Å². The lowest BCUT2D eigenvalue weighted by molar-refractivity contribution is -0.121. The number of anilines is 1. The summed E-state index contributed by atoms with van der Waals surface area (Å²) in [4.78, 5) is 27.5. The third kappa shape index (κ3) is 4.87. The first kappa shape index (κ1) is 17.6. The van der Waals surface area contributed by atoms with Gasteiger partial charge in [-0.2, -0.15) is 0 Å². The summed E-state index contributed by atoms with van der Waals surface area (Å²) in [5, 5.41) is 12.0. The number of hydrogen-bond donors (Lipinski definition) is 1. The fourth-order valence-corrected chi connectivity index (χ4v) is 3.06. The molecule has 23 heavy (non-hydrogen) atoms. The Morgan fingerprint density at radius 2 is 2.04 bits per heavy atom. The van der Waals surface area contributed by atoms with E-state index < -0.39 is 0 Å². The topological polar surface area (TPSA) is 87.7 Å². The first-order valence-corrected chi connectivity index (χ1v) is 8.50. The van der Waals surface area contributed by atoms with Crippen molar-refractivity contribution in [1.82, 2.24) is 20.0 Å². The molecule has 0 radical (unpaired) electrons. The maximum atomic E-state index is 12.3. The van der Waals surface area contributed by atoms with E-state index in [1.165, 1.54) is 11.3 Å². The number of hydrogen-bond acceptors (Lipinski definition) is 6. The summed E-state index contributed by atoms with van der Waals surface area (Å²) in [5.41, 5.74) is 0. The van der Waals surface area contributed by atoms with Crippen LogP contribution in [0.1, 0.15) is 24.8 Å². The fraction of sp³-hybridized carbons (Fsp3) is 0.714. The van der Waals surface area contributed by atoms with Gasteiger partial charge in [-0.25, -0.2) is 4.79 Å². The summed E-state index contributed by atoms with van der Waals surface area (Å²) < 4.78 is 5.26. The minimum atomic E-state index is -0.0968. The molecule has 3 amide bonds. The van der Waals surface area contributed by atoms with Crippen LogP contribution in [0.15, 0.2) is 0 Å². The molecule has 0 aromatic carbocycles. The molecule has 1 aliphatic rings. The van der Waals surface area contributed by atoms with Crippen molar-refractivity contribution in [3.05, 3.63) is 5.01 Å². The van der Waals surface area contributed by atoms with E-state index in [9.17, 15) is 9.59 Å². The number of piperidine rings is 1. The molecule has 8 nitrogen and oxygen atoms in total. The number of rotatable bonds is 5. The van der Waals surface area contributed by atoms with Crippen LogP contribution in [0.4, 0.5) is 9.93 Å². The second-order valence-electron chi connectivity index (χ2n) is 5.57. The molecule has 0 saturated carbocycles. The number of carbonyl (C=O) groups excluding carboxylic acids is 2. The van der Waals surface area contributed by atoms with Gasteiger partial charge in [-0.05, 0) is 19.8 Å². The standard InChI is InChI=1S/C14H23N5O3S/c1-4-22-9-11-16-17-13(23-11)15-12(20)10-5-7-19(8-6-10)14(21)18(2)3/h10H,4-9H2,1-3H3,(H,15,17,20). The number of nitrogens with zero attached hydrogens (tertiary/aromatic N) is 4. The molecule has 2 heterocycles. The smallest absolute Gasteiger partial charge is 0.319 e. The zero-order valence-corrected chi connectivity index (χ0v) is 14.6. The third-order valence-electron chi connectivity index (χ3n) is 3.65. The minimum Gasteiger partial charge on any atom is -0.374 e. The van der Waals surface area contributed by atoms with E-state index in [1.807, 2.05) is 6.92 Å². The Balaban J connectivity index is 1.81. The van der Waals surface area contributed by atoms with E-state index in [2.05, 4.69) is 15.5 Å². The molecule has 0 aliphatic carbocycles. The summed E-state index contributed by atoms with van der Waals surface area (Å²) in [7, 11) is 3.47. The van der Waals surface area contributed by atoms with E-state index in [4.69, 9.17) is 4.74 Å². The molecular formula is C14H23N5O3S. The Labute approximate surface area is 139 Å². The van der Waals surface area contributed by atoms with Crippen LogP contribution in [-0.4, -0.2) is 65.7 Å². The fourth-order valence-electron chi connectivity index (χ4n) is 2.38. The molecule has 128 valence electrons. The molecule has 0 atom stereocenters. The highest BCUT2D eigenvalue weighted by molar-refractivity contribution is 7.15. The molecule has 1 aliphatic heterocycles. The SMILES string of the molecule is CCOCc1nnc(NC(=O)C2CCN(C(=O)N(C)C)CC2)s1.